The lowest BCUT2D eigenvalue weighted by Crippen LogP contribution is -2.02. The summed E-state index contributed by atoms with van der Waals surface area (Å²) in [6.45, 7) is 4.83. The summed E-state index contributed by atoms with van der Waals surface area (Å²) >= 11 is 0. The van der Waals surface area contributed by atoms with Gasteiger partial charge in [-0.15, -0.1) is 0 Å². The van der Waals surface area contributed by atoms with E-state index in [1.165, 1.54) is 5.56 Å². The van der Waals surface area contributed by atoms with E-state index >= 15 is 0 Å². The van der Waals surface area contributed by atoms with E-state index in [1.54, 1.807) is 0 Å². The SMILES string of the molecule is Cc1cc(O)c(C2CC2CN)cc1C. The van der Waals surface area contributed by atoms with E-state index in [4.69, 9.17) is 5.73 Å². The van der Waals surface area contributed by atoms with Crippen LogP contribution in [0.3, 0.4) is 0 Å². The molecule has 0 heterocycles. The van der Waals surface area contributed by atoms with Gasteiger partial charge in [0, 0.05) is 0 Å². The summed E-state index contributed by atoms with van der Waals surface area (Å²) in [6, 6.07) is 3.96. The first kappa shape index (κ1) is 9.53. The summed E-state index contributed by atoms with van der Waals surface area (Å²) in [6.07, 6.45) is 1.13. The predicted molar refractivity (Wildman–Crippen MR) is 57.5 cm³/mol. The average Bonchev–Trinajstić information content (AvgIpc) is 2.90. The third kappa shape index (κ3) is 1.50. The minimum absolute atomic E-state index is 0.439. The quantitative estimate of drug-likeness (QED) is 0.751. The Kier molecular flexibility index (Phi) is 2.23. The molecule has 14 heavy (non-hydrogen) atoms. The maximum atomic E-state index is 9.80. The maximum Gasteiger partial charge on any atom is 0.119 e. The lowest BCUT2D eigenvalue weighted by molar-refractivity contribution is 0.466. The van der Waals surface area contributed by atoms with Gasteiger partial charge < -0.3 is 10.8 Å². The van der Waals surface area contributed by atoms with E-state index in [0.29, 0.717) is 17.6 Å². The molecule has 1 saturated carbocycles. The van der Waals surface area contributed by atoms with Crippen LogP contribution in [0.2, 0.25) is 0 Å². The topological polar surface area (TPSA) is 46.2 Å². The normalized spacial score (nSPS) is 25.1. The molecule has 0 aromatic heterocycles. The monoisotopic (exact) mass is 191 g/mol. The molecule has 2 rings (SSSR count). The fourth-order valence-corrected chi connectivity index (χ4v) is 2.01. The first-order chi connectivity index (χ1) is 6.63. The van der Waals surface area contributed by atoms with Gasteiger partial charge >= 0.3 is 0 Å². The number of aryl methyl sites for hydroxylation is 2. The smallest absolute Gasteiger partial charge is 0.119 e. The minimum Gasteiger partial charge on any atom is -0.508 e. The molecule has 2 heteroatoms. The molecule has 3 N–H and O–H groups in total. The minimum atomic E-state index is 0.439. The van der Waals surface area contributed by atoms with E-state index in [9.17, 15) is 5.11 Å². The van der Waals surface area contributed by atoms with E-state index in [1.807, 2.05) is 13.0 Å². The second kappa shape index (κ2) is 3.28. The number of rotatable bonds is 2. The van der Waals surface area contributed by atoms with Gasteiger partial charge in [-0.1, -0.05) is 6.07 Å². The number of phenolic OH excluding ortho intramolecular Hbond substituents is 1. The van der Waals surface area contributed by atoms with Gasteiger partial charge in [-0.3, -0.25) is 0 Å². The van der Waals surface area contributed by atoms with Crippen molar-refractivity contribution in [2.45, 2.75) is 26.2 Å². The van der Waals surface area contributed by atoms with Gasteiger partial charge in [-0.2, -0.15) is 0 Å². The number of nitrogens with two attached hydrogens (primary N) is 1. The van der Waals surface area contributed by atoms with E-state index in [-0.39, 0.29) is 0 Å². The van der Waals surface area contributed by atoms with Gasteiger partial charge in [0.15, 0.2) is 0 Å². The van der Waals surface area contributed by atoms with Crippen LogP contribution in [0.1, 0.15) is 29.0 Å². The van der Waals surface area contributed by atoms with Crippen LogP contribution in [0.15, 0.2) is 12.1 Å². The number of hydrogen-bond donors (Lipinski definition) is 2. The summed E-state index contributed by atoms with van der Waals surface area (Å²) in [5, 5.41) is 9.80. The van der Waals surface area contributed by atoms with Crippen molar-refractivity contribution in [3.05, 3.63) is 28.8 Å². The van der Waals surface area contributed by atoms with Gasteiger partial charge in [-0.05, 0) is 61.4 Å². The van der Waals surface area contributed by atoms with Crippen LogP contribution in [0.5, 0.6) is 5.75 Å². The highest BCUT2D eigenvalue weighted by Crippen LogP contribution is 2.49. The summed E-state index contributed by atoms with van der Waals surface area (Å²) < 4.78 is 0. The van der Waals surface area contributed by atoms with Crippen LogP contribution >= 0.6 is 0 Å². The zero-order valence-electron chi connectivity index (χ0n) is 8.75. The molecule has 0 saturated heterocycles. The van der Waals surface area contributed by atoms with Gasteiger partial charge in [-0.25, -0.2) is 0 Å². The highest BCUT2D eigenvalue weighted by Gasteiger charge is 2.38. The predicted octanol–water partition coefficient (Wildman–Crippen LogP) is 2.07. The molecule has 1 fully saturated rings. The summed E-state index contributed by atoms with van der Waals surface area (Å²) in [5.41, 5.74) is 9.08. The van der Waals surface area contributed by atoms with E-state index < -0.39 is 0 Å². The molecular formula is C12H17NO. The van der Waals surface area contributed by atoms with Crippen molar-refractivity contribution in [1.29, 1.82) is 0 Å². The number of aromatic hydroxyl groups is 1. The fraction of sp³-hybridized carbons (Fsp3) is 0.500. The number of benzene rings is 1. The molecular weight excluding hydrogens is 174 g/mol. The fourth-order valence-electron chi connectivity index (χ4n) is 2.01. The Labute approximate surface area is 84.7 Å². The Morgan fingerprint density at radius 1 is 1.36 bits per heavy atom. The van der Waals surface area contributed by atoms with Crippen molar-refractivity contribution in [2.75, 3.05) is 6.54 Å². The van der Waals surface area contributed by atoms with Gasteiger partial charge in [0.25, 0.3) is 0 Å². The highest BCUT2D eigenvalue weighted by atomic mass is 16.3. The first-order valence-corrected chi connectivity index (χ1v) is 5.13. The summed E-state index contributed by atoms with van der Waals surface area (Å²) in [5.74, 6) is 1.52. The van der Waals surface area contributed by atoms with Crippen molar-refractivity contribution in [1.82, 2.24) is 0 Å². The van der Waals surface area contributed by atoms with Crippen LogP contribution in [-0.4, -0.2) is 11.7 Å². The molecule has 2 unspecified atom stereocenters. The summed E-state index contributed by atoms with van der Waals surface area (Å²) in [4.78, 5) is 0. The third-order valence-electron chi connectivity index (χ3n) is 3.27. The molecule has 1 aromatic rings. The molecule has 0 radical (unpaired) electrons. The summed E-state index contributed by atoms with van der Waals surface area (Å²) in [7, 11) is 0. The van der Waals surface area contributed by atoms with Crippen molar-refractivity contribution in [3.8, 4) is 5.75 Å². The van der Waals surface area contributed by atoms with Crippen molar-refractivity contribution < 1.29 is 5.11 Å². The Morgan fingerprint density at radius 3 is 2.57 bits per heavy atom. The second-order valence-electron chi connectivity index (χ2n) is 4.33. The molecule has 0 spiro atoms. The van der Waals surface area contributed by atoms with Crippen molar-refractivity contribution in [2.24, 2.45) is 11.7 Å². The second-order valence-corrected chi connectivity index (χ2v) is 4.33. The highest BCUT2D eigenvalue weighted by molar-refractivity contribution is 5.45. The van der Waals surface area contributed by atoms with Gasteiger partial charge in [0.05, 0.1) is 0 Å². The lowest BCUT2D eigenvalue weighted by atomic mass is 10.0. The molecule has 1 aliphatic carbocycles. The van der Waals surface area contributed by atoms with Crippen LogP contribution in [-0.2, 0) is 0 Å². The van der Waals surface area contributed by atoms with Gasteiger partial charge in [0.1, 0.15) is 5.75 Å². The standard InChI is InChI=1S/C12H17NO/c1-7-3-11(10-5-9(10)6-13)12(14)4-8(7)2/h3-4,9-10,14H,5-6,13H2,1-2H3. The molecule has 2 atom stereocenters. The first-order valence-electron chi connectivity index (χ1n) is 5.13. The van der Waals surface area contributed by atoms with Crippen LogP contribution in [0.4, 0.5) is 0 Å². The van der Waals surface area contributed by atoms with E-state index in [2.05, 4.69) is 13.0 Å². The molecule has 0 amide bonds. The third-order valence-corrected chi connectivity index (χ3v) is 3.27. The largest absolute Gasteiger partial charge is 0.508 e. The lowest BCUT2D eigenvalue weighted by Gasteiger charge is -2.07. The Hall–Kier alpha value is -1.02. The zero-order chi connectivity index (χ0) is 10.3. The van der Waals surface area contributed by atoms with Crippen LogP contribution in [0.25, 0.3) is 0 Å². The number of hydrogen-bond acceptors (Lipinski definition) is 2. The maximum absolute atomic E-state index is 9.80. The average molecular weight is 191 g/mol. The Morgan fingerprint density at radius 2 is 2.00 bits per heavy atom. The number of phenols is 1. The van der Waals surface area contributed by atoms with Crippen molar-refractivity contribution in [3.63, 3.8) is 0 Å². The molecule has 2 nitrogen and oxygen atoms in total. The van der Waals surface area contributed by atoms with Gasteiger partial charge in [0.2, 0.25) is 0 Å². The molecule has 1 aliphatic rings. The molecule has 1 aromatic carbocycles. The van der Waals surface area contributed by atoms with Crippen LogP contribution in [0, 0.1) is 19.8 Å². The molecule has 0 aliphatic heterocycles. The van der Waals surface area contributed by atoms with Crippen LogP contribution < -0.4 is 5.73 Å². The zero-order valence-corrected chi connectivity index (χ0v) is 8.75. The van der Waals surface area contributed by atoms with E-state index in [0.717, 1.165) is 24.1 Å². The van der Waals surface area contributed by atoms with Crippen molar-refractivity contribution >= 4 is 0 Å². The Balaban J connectivity index is 2.31. The Bertz CT molecular complexity index is 360. The molecule has 0 bridgehead atoms. The molecule has 76 valence electrons.